The summed E-state index contributed by atoms with van der Waals surface area (Å²) in [5.74, 6) is 2.56. The van der Waals surface area contributed by atoms with Crippen LogP contribution in [0.25, 0.3) is 0 Å². The zero-order valence-corrected chi connectivity index (χ0v) is 14.0. The predicted octanol–water partition coefficient (Wildman–Crippen LogP) is 1.80. The lowest BCUT2D eigenvalue weighted by Gasteiger charge is -2.23. The lowest BCUT2D eigenvalue weighted by molar-refractivity contribution is 0.357. The molecule has 1 unspecified atom stereocenters. The Bertz CT molecular complexity index is 639. The number of nitrogens with zero attached hydrogens (tertiary/aromatic N) is 5. The van der Waals surface area contributed by atoms with Crippen LogP contribution in [-0.4, -0.2) is 30.6 Å². The lowest BCUT2D eigenvalue weighted by Crippen LogP contribution is -2.37. The first-order chi connectivity index (χ1) is 10.6. The van der Waals surface area contributed by atoms with Gasteiger partial charge in [0, 0.05) is 44.2 Å². The maximum absolute atomic E-state index is 4.57. The van der Waals surface area contributed by atoms with Crippen molar-refractivity contribution in [2.45, 2.75) is 65.1 Å². The van der Waals surface area contributed by atoms with Crippen molar-refractivity contribution in [1.29, 1.82) is 0 Å². The molecule has 1 aliphatic rings. The Morgan fingerprint density at radius 2 is 2.18 bits per heavy atom. The highest BCUT2D eigenvalue weighted by atomic mass is 15.4. The van der Waals surface area contributed by atoms with Gasteiger partial charge in [0.15, 0.2) is 5.82 Å². The van der Waals surface area contributed by atoms with Crippen molar-refractivity contribution < 1.29 is 0 Å². The van der Waals surface area contributed by atoms with Crippen LogP contribution in [0.3, 0.4) is 0 Å². The average molecular weight is 302 g/mol. The average Bonchev–Trinajstić information content (AvgIpc) is 3.07. The van der Waals surface area contributed by atoms with Crippen LogP contribution in [-0.2, 0) is 33.0 Å². The van der Waals surface area contributed by atoms with Crippen LogP contribution < -0.4 is 5.32 Å². The fourth-order valence-corrected chi connectivity index (χ4v) is 3.11. The minimum Gasteiger partial charge on any atom is -0.308 e. The molecule has 1 aliphatic heterocycles. The minimum atomic E-state index is 0.457. The van der Waals surface area contributed by atoms with Crippen molar-refractivity contribution in [3.8, 4) is 0 Å². The van der Waals surface area contributed by atoms with Crippen molar-refractivity contribution >= 4 is 0 Å². The van der Waals surface area contributed by atoms with Crippen molar-refractivity contribution in [2.75, 3.05) is 0 Å². The Balaban J connectivity index is 1.63. The molecule has 0 aromatic carbocycles. The molecule has 0 aliphatic carbocycles. The van der Waals surface area contributed by atoms with E-state index in [9.17, 15) is 0 Å². The summed E-state index contributed by atoms with van der Waals surface area (Å²) in [6, 6.07) is 0.458. The molecule has 6 heteroatoms. The maximum atomic E-state index is 4.57. The van der Waals surface area contributed by atoms with Crippen LogP contribution in [0, 0.1) is 0 Å². The normalized spacial score (nSPS) is 18.0. The number of hydrogen-bond acceptors (Lipinski definition) is 4. The quantitative estimate of drug-likeness (QED) is 0.915. The van der Waals surface area contributed by atoms with Crippen LogP contribution in [0.4, 0.5) is 0 Å². The smallest absolute Gasteiger partial charge is 0.150 e. The molecule has 0 fully saturated rings. The summed E-state index contributed by atoms with van der Waals surface area (Å²) in [6.45, 7) is 8.28. The molecule has 3 rings (SSSR count). The molecule has 0 saturated heterocycles. The van der Waals surface area contributed by atoms with Crippen molar-refractivity contribution in [2.24, 2.45) is 7.05 Å². The second-order valence-corrected chi connectivity index (χ2v) is 6.46. The van der Waals surface area contributed by atoms with Gasteiger partial charge in [0.1, 0.15) is 5.82 Å². The Kier molecular flexibility index (Phi) is 4.29. The molecule has 22 heavy (non-hydrogen) atoms. The van der Waals surface area contributed by atoms with E-state index in [1.807, 2.05) is 11.7 Å². The van der Waals surface area contributed by atoms with E-state index in [1.54, 1.807) is 0 Å². The first-order valence-electron chi connectivity index (χ1n) is 8.25. The van der Waals surface area contributed by atoms with Gasteiger partial charge in [-0.25, -0.2) is 9.67 Å². The molecule has 0 bridgehead atoms. The van der Waals surface area contributed by atoms with E-state index in [-0.39, 0.29) is 0 Å². The summed E-state index contributed by atoms with van der Waals surface area (Å²) in [7, 11) is 1.99. The summed E-state index contributed by atoms with van der Waals surface area (Å²) in [5.41, 5.74) is 2.50. The van der Waals surface area contributed by atoms with Crippen LogP contribution >= 0.6 is 0 Å². The molecule has 1 N–H and O–H groups in total. The highest BCUT2D eigenvalue weighted by molar-refractivity contribution is 5.20. The van der Waals surface area contributed by atoms with Crippen molar-refractivity contribution in [3.05, 3.63) is 29.1 Å². The number of fused-ring (bicyclic) bond motifs is 1. The third kappa shape index (κ3) is 3.06. The number of aryl methyl sites for hydroxylation is 3. The zero-order valence-electron chi connectivity index (χ0n) is 14.0. The molecule has 0 radical (unpaired) electrons. The second kappa shape index (κ2) is 6.20. The Labute approximate surface area is 131 Å². The number of aromatic nitrogens is 5. The van der Waals surface area contributed by atoms with Gasteiger partial charge in [0.05, 0.1) is 12.2 Å². The number of hydrogen-bond donors (Lipinski definition) is 1. The van der Waals surface area contributed by atoms with E-state index in [0.29, 0.717) is 12.0 Å². The Hall–Kier alpha value is -1.69. The van der Waals surface area contributed by atoms with E-state index >= 15 is 0 Å². The fraction of sp³-hybridized carbons (Fsp3) is 0.688. The molecule has 2 aromatic rings. The molecule has 6 nitrogen and oxygen atoms in total. The van der Waals surface area contributed by atoms with E-state index in [2.05, 4.69) is 52.1 Å². The third-order valence-electron chi connectivity index (χ3n) is 4.28. The summed E-state index contributed by atoms with van der Waals surface area (Å²) < 4.78 is 3.99. The molecule has 120 valence electrons. The first kappa shape index (κ1) is 15.2. The summed E-state index contributed by atoms with van der Waals surface area (Å²) >= 11 is 0. The lowest BCUT2D eigenvalue weighted by atomic mass is 10.0. The second-order valence-electron chi connectivity index (χ2n) is 6.46. The van der Waals surface area contributed by atoms with Gasteiger partial charge in [0.25, 0.3) is 0 Å². The van der Waals surface area contributed by atoms with Crippen molar-refractivity contribution in [1.82, 2.24) is 29.9 Å². The van der Waals surface area contributed by atoms with Gasteiger partial charge in [-0.3, -0.25) is 4.68 Å². The Morgan fingerprint density at radius 1 is 1.36 bits per heavy atom. The fourth-order valence-electron chi connectivity index (χ4n) is 3.11. The highest BCUT2D eigenvalue weighted by Crippen LogP contribution is 2.18. The highest BCUT2D eigenvalue weighted by Gasteiger charge is 2.21. The number of nitrogens with one attached hydrogen (secondary N) is 1. The van der Waals surface area contributed by atoms with Gasteiger partial charge in [-0.2, -0.15) is 10.2 Å². The van der Waals surface area contributed by atoms with Gasteiger partial charge in [0.2, 0.25) is 0 Å². The summed E-state index contributed by atoms with van der Waals surface area (Å²) in [5, 5.41) is 12.8. The summed E-state index contributed by atoms with van der Waals surface area (Å²) in [4.78, 5) is 4.57. The van der Waals surface area contributed by atoms with Gasteiger partial charge in [-0.15, -0.1) is 0 Å². The monoisotopic (exact) mass is 302 g/mol. The Morgan fingerprint density at radius 3 is 2.91 bits per heavy atom. The van der Waals surface area contributed by atoms with Crippen molar-refractivity contribution in [3.63, 3.8) is 0 Å². The van der Waals surface area contributed by atoms with Crippen LogP contribution in [0.1, 0.15) is 56.0 Å². The topological polar surface area (TPSA) is 60.6 Å². The molecular weight excluding hydrogens is 276 g/mol. The summed E-state index contributed by atoms with van der Waals surface area (Å²) in [6.07, 6.45) is 5.17. The molecule has 0 spiro atoms. The van der Waals surface area contributed by atoms with Crippen LogP contribution in [0.15, 0.2) is 6.20 Å². The van der Waals surface area contributed by atoms with Gasteiger partial charge >= 0.3 is 0 Å². The maximum Gasteiger partial charge on any atom is 0.150 e. The molecule has 3 heterocycles. The van der Waals surface area contributed by atoms with Crippen LogP contribution in [0.2, 0.25) is 0 Å². The predicted molar refractivity (Wildman–Crippen MR) is 85.6 cm³/mol. The molecular formula is C16H26N6. The van der Waals surface area contributed by atoms with Gasteiger partial charge in [-0.05, 0) is 12.3 Å². The third-order valence-corrected chi connectivity index (χ3v) is 4.28. The SMILES string of the molecule is CCc1nc2n(n1)CC(NCc1cn(C)nc1C(C)C)CC2. The number of rotatable bonds is 5. The molecule has 2 aromatic heterocycles. The van der Waals surface area contributed by atoms with Gasteiger partial charge < -0.3 is 5.32 Å². The first-order valence-corrected chi connectivity index (χ1v) is 8.25. The van der Waals surface area contributed by atoms with Gasteiger partial charge in [-0.1, -0.05) is 20.8 Å². The zero-order chi connectivity index (χ0) is 15.7. The standard InChI is InChI=1S/C16H26N6/c1-5-14-18-15-7-6-13(10-22(15)19-14)17-8-12-9-21(4)20-16(12)11(2)3/h9,11,13,17H,5-8,10H2,1-4H3. The molecule has 1 atom stereocenters. The largest absolute Gasteiger partial charge is 0.308 e. The van der Waals surface area contributed by atoms with E-state index in [4.69, 9.17) is 0 Å². The molecule has 0 saturated carbocycles. The van der Waals surface area contributed by atoms with Crippen LogP contribution in [0.5, 0.6) is 0 Å². The van der Waals surface area contributed by atoms with E-state index in [0.717, 1.165) is 44.0 Å². The minimum absolute atomic E-state index is 0.457. The van der Waals surface area contributed by atoms with E-state index < -0.39 is 0 Å². The van der Waals surface area contributed by atoms with E-state index in [1.165, 1.54) is 11.3 Å². The molecule has 0 amide bonds.